The molecule has 0 aliphatic heterocycles. The second kappa shape index (κ2) is 5.58. The Kier molecular flexibility index (Phi) is 4.10. The quantitative estimate of drug-likeness (QED) is 0.934. The Morgan fingerprint density at radius 2 is 2.24 bits per heavy atom. The minimum atomic E-state index is -0.303. The number of hydrogen-bond donors (Lipinski definition) is 1. The molecule has 0 radical (unpaired) electrons. The van der Waals surface area contributed by atoms with Gasteiger partial charge in [-0.05, 0) is 46.3 Å². The third-order valence-electron chi connectivity index (χ3n) is 2.24. The molecule has 5 heteroatoms. The van der Waals surface area contributed by atoms with Gasteiger partial charge >= 0.3 is 0 Å². The van der Waals surface area contributed by atoms with Crippen molar-refractivity contribution in [2.24, 2.45) is 5.73 Å². The minimum absolute atomic E-state index is 0.303. The molecule has 0 fully saturated rings. The molecule has 0 amide bonds. The predicted molar refractivity (Wildman–Crippen MR) is 70.3 cm³/mol. The molecule has 0 aliphatic rings. The molecule has 0 spiro atoms. The van der Waals surface area contributed by atoms with Crippen molar-refractivity contribution in [1.29, 1.82) is 0 Å². The Balaban J connectivity index is 2.19. The monoisotopic (exact) mass is 315 g/mol. The van der Waals surface area contributed by atoms with Crippen molar-refractivity contribution in [3.8, 4) is 5.75 Å². The number of rotatable bonds is 4. The highest BCUT2D eigenvalue weighted by atomic mass is 79.9. The molecular formula is C12H11BrClNO2. The van der Waals surface area contributed by atoms with Gasteiger partial charge < -0.3 is 14.9 Å². The molecule has 0 bridgehead atoms. The normalized spacial score (nSPS) is 12.4. The van der Waals surface area contributed by atoms with Gasteiger partial charge in [0.15, 0.2) is 6.10 Å². The maximum atomic E-state index is 5.86. The summed E-state index contributed by atoms with van der Waals surface area (Å²) in [4.78, 5) is 0. The molecule has 1 heterocycles. The Hall–Kier alpha value is -0.970. The summed E-state index contributed by atoms with van der Waals surface area (Å²) in [5, 5.41) is 0.645. The van der Waals surface area contributed by atoms with E-state index in [2.05, 4.69) is 15.9 Å². The van der Waals surface area contributed by atoms with Gasteiger partial charge in [-0.3, -0.25) is 0 Å². The Morgan fingerprint density at radius 1 is 1.41 bits per heavy atom. The fraction of sp³-hybridized carbons (Fsp3) is 0.167. The van der Waals surface area contributed by atoms with Crippen molar-refractivity contribution >= 4 is 27.5 Å². The van der Waals surface area contributed by atoms with E-state index in [0.29, 0.717) is 23.1 Å². The van der Waals surface area contributed by atoms with Crippen molar-refractivity contribution in [1.82, 2.24) is 0 Å². The number of nitrogens with two attached hydrogens (primary N) is 1. The molecule has 3 nitrogen and oxygen atoms in total. The highest BCUT2D eigenvalue weighted by Gasteiger charge is 2.15. The number of furan rings is 1. The van der Waals surface area contributed by atoms with Crippen LogP contribution in [0.3, 0.4) is 0 Å². The van der Waals surface area contributed by atoms with Crippen LogP contribution >= 0.6 is 27.5 Å². The van der Waals surface area contributed by atoms with Gasteiger partial charge in [-0.1, -0.05) is 11.6 Å². The van der Waals surface area contributed by atoms with Gasteiger partial charge in [0.2, 0.25) is 0 Å². The van der Waals surface area contributed by atoms with Crippen molar-refractivity contribution in [3.63, 3.8) is 0 Å². The molecule has 1 aromatic carbocycles. The average Bonchev–Trinajstić information content (AvgIpc) is 2.81. The van der Waals surface area contributed by atoms with Crippen LogP contribution < -0.4 is 10.5 Å². The third-order valence-corrected chi connectivity index (χ3v) is 3.09. The summed E-state index contributed by atoms with van der Waals surface area (Å²) in [5.74, 6) is 1.38. The Morgan fingerprint density at radius 3 is 2.82 bits per heavy atom. The van der Waals surface area contributed by atoms with Crippen LogP contribution in [-0.2, 0) is 0 Å². The zero-order valence-corrected chi connectivity index (χ0v) is 11.2. The number of benzene rings is 1. The van der Waals surface area contributed by atoms with E-state index in [9.17, 15) is 0 Å². The lowest BCUT2D eigenvalue weighted by atomic mass is 10.2. The summed E-state index contributed by atoms with van der Waals surface area (Å²) < 4.78 is 11.8. The molecule has 0 saturated carbocycles. The summed E-state index contributed by atoms with van der Waals surface area (Å²) in [6.45, 7) is 0.336. The van der Waals surface area contributed by atoms with Crippen LogP contribution in [0.15, 0.2) is 45.5 Å². The average molecular weight is 317 g/mol. The van der Waals surface area contributed by atoms with Crippen molar-refractivity contribution < 1.29 is 9.15 Å². The summed E-state index contributed by atoms with van der Waals surface area (Å²) >= 11 is 9.25. The van der Waals surface area contributed by atoms with Gasteiger partial charge in [0.05, 0.1) is 10.7 Å². The van der Waals surface area contributed by atoms with Gasteiger partial charge in [0.1, 0.15) is 11.5 Å². The molecule has 1 atom stereocenters. The minimum Gasteiger partial charge on any atom is -0.480 e. The van der Waals surface area contributed by atoms with Crippen molar-refractivity contribution in [3.05, 3.63) is 51.9 Å². The number of hydrogen-bond acceptors (Lipinski definition) is 3. The SMILES string of the molecule is NCC(Oc1ccc(Cl)cc1Br)c1ccco1. The van der Waals surface area contributed by atoms with Crippen LogP contribution in [0, 0.1) is 0 Å². The molecule has 2 N–H and O–H groups in total. The van der Waals surface area contributed by atoms with Gasteiger partial charge in [0.25, 0.3) is 0 Å². The molecule has 1 unspecified atom stereocenters. The first-order valence-electron chi connectivity index (χ1n) is 5.06. The molecule has 2 aromatic rings. The summed E-state index contributed by atoms with van der Waals surface area (Å²) in [5.41, 5.74) is 5.67. The fourth-order valence-electron chi connectivity index (χ4n) is 1.42. The molecule has 90 valence electrons. The fourth-order valence-corrected chi connectivity index (χ4v) is 2.20. The second-order valence-corrected chi connectivity index (χ2v) is 4.72. The first-order valence-corrected chi connectivity index (χ1v) is 6.23. The zero-order valence-electron chi connectivity index (χ0n) is 8.90. The van der Waals surface area contributed by atoms with E-state index in [0.717, 1.165) is 4.47 Å². The highest BCUT2D eigenvalue weighted by molar-refractivity contribution is 9.10. The van der Waals surface area contributed by atoms with Crippen LogP contribution in [0.5, 0.6) is 5.75 Å². The largest absolute Gasteiger partial charge is 0.480 e. The molecule has 17 heavy (non-hydrogen) atoms. The van der Waals surface area contributed by atoms with Crippen LogP contribution in [0.25, 0.3) is 0 Å². The van der Waals surface area contributed by atoms with Gasteiger partial charge in [-0.2, -0.15) is 0 Å². The lowest BCUT2D eigenvalue weighted by Gasteiger charge is -2.16. The van der Waals surface area contributed by atoms with Gasteiger partial charge in [0, 0.05) is 11.6 Å². The van der Waals surface area contributed by atoms with E-state index in [-0.39, 0.29) is 6.10 Å². The van der Waals surface area contributed by atoms with E-state index >= 15 is 0 Å². The summed E-state index contributed by atoms with van der Waals surface area (Å²) in [7, 11) is 0. The lowest BCUT2D eigenvalue weighted by molar-refractivity contribution is 0.183. The Labute approximate surface area is 113 Å². The molecule has 2 rings (SSSR count). The van der Waals surface area contributed by atoms with E-state index in [1.54, 1.807) is 30.5 Å². The zero-order chi connectivity index (χ0) is 12.3. The topological polar surface area (TPSA) is 48.4 Å². The van der Waals surface area contributed by atoms with E-state index in [1.165, 1.54) is 0 Å². The molecular weight excluding hydrogens is 305 g/mol. The van der Waals surface area contributed by atoms with Crippen LogP contribution in [0.4, 0.5) is 0 Å². The maximum Gasteiger partial charge on any atom is 0.168 e. The smallest absolute Gasteiger partial charge is 0.168 e. The van der Waals surface area contributed by atoms with Gasteiger partial charge in [-0.15, -0.1) is 0 Å². The second-order valence-electron chi connectivity index (χ2n) is 3.43. The van der Waals surface area contributed by atoms with E-state index < -0.39 is 0 Å². The van der Waals surface area contributed by atoms with E-state index in [1.807, 2.05) is 6.07 Å². The van der Waals surface area contributed by atoms with E-state index in [4.69, 9.17) is 26.5 Å². The first-order chi connectivity index (χ1) is 8.20. The number of ether oxygens (including phenoxy) is 1. The Bertz CT molecular complexity index is 487. The lowest BCUT2D eigenvalue weighted by Crippen LogP contribution is -2.18. The standard InChI is InChI=1S/C12H11BrClNO2/c13-9-6-8(14)3-4-10(9)17-12(7-15)11-2-1-5-16-11/h1-6,12H,7,15H2. The molecule has 0 aliphatic carbocycles. The molecule has 0 saturated heterocycles. The van der Waals surface area contributed by atoms with Crippen LogP contribution in [0.1, 0.15) is 11.9 Å². The third kappa shape index (κ3) is 3.03. The van der Waals surface area contributed by atoms with Crippen molar-refractivity contribution in [2.45, 2.75) is 6.10 Å². The highest BCUT2D eigenvalue weighted by Crippen LogP contribution is 2.31. The predicted octanol–water partition coefficient (Wildman–Crippen LogP) is 3.77. The maximum absolute atomic E-state index is 5.86. The summed E-state index contributed by atoms with van der Waals surface area (Å²) in [6.07, 6.45) is 1.29. The van der Waals surface area contributed by atoms with Crippen LogP contribution in [-0.4, -0.2) is 6.54 Å². The van der Waals surface area contributed by atoms with Gasteiger partial charge in [-0.25, -0.2) is 0 Å². The van der Waals surface area contributed by atoms with Crippen LogP contribution in [0.2, 0.25) is 5.02 Å². The van der Waals surface area contributed by atoms with Crippen molar-refractivity contribution in [2.75, 3.05) is 6.54 Å². The summed E-state index contributed by atoms with van der Waals surface area (Å²) in [6, 6.07) is 8.96. The molecule has 1 aromatic heterocycles. The first kappa shape index (κ1) is 12.5. The number of halogens is 2.